The second kappa shape index (κ2) is 5.29. The van der Waals surface area contributed by atoms with Gasteiger partial charge in [0.25, 0.3) is 5.91 Å². The molecule has 1 aromatic rings. The first kappa shape index (κ1) is 12.2. The Balaban J connectivity index is 2.42. The maximum atomic E-state index is 11.5. The first-order valence-electron chi connectivity index (χ1n) is 4.95. The first-order valence-corrected chi connectivity index (χ1v) is 4.95. The highest BCUT2D eigenvalue weighted by atomic mass is 16.5. The van der Waals surface area contributed by atoms with Crippen LogP contribution in [0.3, 0.4) is 0 Å². The Hall–Kier alpha value is -1.85. The largest absolute Gasteiger partial charge is 0.481 e. The molecule has 0 aliphatic rings. The van der Waals surface area contributed by atoms with Gasteiger partial charge >= 0.3 is 5.97 Å². The fraction of sp³-hybridized carbons (Fsp3) is 0.500. The van der Waals surface area contributed by atoms with Crippen LogP contribution in [0.2, 0.25) is 0 Å². The van der Waals surface area contributed by atoms with E-state index in [-0.39, 0.29) is 24.1 Å². The van der Waals surface area contributed by atoms with Gasteiger partial charge in [0, 0.05) is 18.5 Å². The lowest BCUT2D eigenvalue weighted by Gasteiger charge is -2.10. The van der Waals surface area contributed by atoms with Crippen molar-refractivity contribution >= 4 is 11.9 Å². The van der Waals surface area contributed by atoms with Crippen LogP contribution in [0, 0.1) is 6.92 Å². The normalized spacial score (nSPS) is 12.1. The minimum atomic E-state index is -0.878. The summed E-state index contributed by atoms with van der Waals surface area (Å²) in [7, 11) is 0. The van der Waals surface area contributed by atoms with Gasteiger partial charge in [-0.3, -0.25) is 9.59 Å². The number of carboxylic acids is 1. The molecule has 1 atom stereocenters. The van der Waals surface area contributed by atoms with E-state index in [4.69, 9.17) is 9.63 Å². The van der Waals surface area contributed by atoms with Crippen molar-refractivity contribution in [3.05, 3.63) is 17.5 Å². The van der Waals surface area contributed by atoms with Crippen LogP contribution in [-0.4, -0.2) is 28.2 Å². The number of carboxylic acid groups (broad SMARTS) is 1. The molecule has 0 saturated carbocycles. The summed E-state index contributed by atoms with van der Waals surface area (Å²) in [6.45, 7) is 3.46. The summed E-state index contributed by atoms with van der Waals surface area (Å²) in [5, 5.41) is 14.7. The third-order valence-electron chi connectivity index (χ3n) is 2.02. The summed E-state index contributed by atoms with van der Waals surface area (Å²) >= 11 is 0. The standard InChI is InChI=1S/C10H14N2O4/c1-6(3-4-9(13)14)11-10(15)8-5-7(2)12-16-8/h5-6H,3-4H2,1-2H3,(H,11,15)(H,13,14)/t6-/m1/s1. The average Bonchev–Trinajstić information content (AvgIpc) is 2.62. The summed E-state index contributed by atoms with van der Waals surface area (Å²) in [5.41, 5.74) is 0.628. The molecule has 16 heavy (non-hydrogen) atoms. The summed E-state index contributed by atoms with van der Waals surface area (Å²) in [6, 6.07) is 1.31. The molecule has 0 unspecified atom stereocenters. The molecule has 88 valence electrons. The van der Waals surface area contributed by atoms with E-state index in [9.17, 15) is 9.59 Å². The van der Waals surface area contributed by atoms with Crippen LogP contribution >= 0.6 is 0 Å². The van der Waals surface area contributed by atoms with Crippen LogP contribution in [0.25, 0.3) is 0 Å². The van der Waals surface area contributed by atoms with Crippen molar-refractivity contribution in [2.75, 3.05) is 0 Å². The van der Waals surface area contributed by atoms with E-state index in [1.165, 1.54) is 6.07 Å². The molecule has 6 nitrogen and oxygen atoms in total. The molecule has 1 heterocycles. The van der Waals surface area contributed by atoms with Gasteiger partial charge in [-0.05, 0) is 20.3 Å². The number of amides is 1. The Morgan fingerprint density at radius 2 is 2.31 bits per heavy atom. The number of hydrogen-bond donors (Lipinski definition) is 2. The van der Waals surface area contributed by atoms with E-state index in [0.717, 1.165) is 0 Å². The molecule has 0 radical (unpaired) electrons. The molecule has 1 aromatic heterocycles. The highest BCUT2D eigenvalue weighted by Gasteiger charge is 2.14. The predicted molar refractivity (Wildman–Crippen MR) is 55.0 cm³/mol. The van der Waals surface area contributed by atoms with Gasteiger partial charge in [0.15, 0.2) is 0 Å². The van der Waals surface area contributed by atoms with E-state index in [2.05, 4.69) is 10.5 Å². The van der Waals surface area contributed by atoms with Gasteiger partial charge in [-0.25, -0.2) is 0 Å². The molecule has 2 N–H and O–H groups in total. The van der Waals surface area contributed by atoms with E-state index < -0.39 is 5.97 Å². The van der Waals surface area contributed by atoms with Crippen molar-refractivity contribution in [3.63, 3.8) is 0 Å². The lowest BCUT2D eigenvalue weighted by atomic mass is 10.2. The van der Waals surface area contributed by atoms with Crippen LogP contribution in [0.15, 0.2) is 10.6 Å². The number of nitrogens with zero attached hydrogens (tertiary/aromatic N) is 1. The SMILES string of the molecule is Cc1cc(C(=O)N[C@H](C)CCC(=O)O)on1. The van der Waals surface area contributed by atoms with Gasteiger partial charge in [0.1, 0.15) is 0 Å². The second-order valence-corrected chi connectivity index (χ2v) is 3.64. The van der Waals surface area contributed by atoms with Gasteiger partial charge in [0.2, 0.25) is 5.76 Å². The summed E-state index contributed by atoms with van der Waals surface area (Å²) in [6.07, 6.45) is 0.408. The minimum Gasteiger partial charge on any atom is -0.481 e. The predicted octanol–water partition coefficient (Wildman–Crippen LogP) is 0.966. The lowest BCUT2D eigenvalue weighted by molar-refractivity contribution is -0.137. The molecule has 0 aliphatic carbocycles. The zero-order valence-corrected chi connectivity index (χ0v) is 9.19. The molecule has 1 rings (SSSR count). The third kappa shape index (κ3) is 3.72. The maximum absolute atomic E-state index is 11.5. The number of aliphatic carboxylic acids is 1. The maximum Gasteiger partial charge on any atom is 0.303 e. The van der Waals surface area contributed by atoms with E-state index >= 15 is 0 Å². The van der Waals surface area contributed by atoms with Gasteiger partial charge in [-0.2, -0.15) is 0 Å². The molecule has 0 aliphatic heterocycles. The summed E-state index contributed by atoms with van der Waals surface area (Å²) < 4.78 is 4.77. The lowest BCUT2D eigenvalue weighted by Crippen LogP contribution is -2.32. The van der Waals surface area contributed by atoms with E-state index in [1.807, 2.05) is 0 Å². The Labute approximate surface area is 92.6 Å². The smallest absolute Gasteiger partial charge is 0.303 e. The van der Waals surface area contributed by atoms with Crippen LogP contribution in [0.1, 0.15) is 36.0 Å². The Morgan fingerprint density at radius 3 is 2.81 bits per heavy atom. The molecule has 0 spiro atoms. The zero-order chi connectivity index (χ0) is 12.1. The summed E-state index contributed by atoms with van der Waals surface area (Å²) in [4.78, 5) is 21.8. The van der Waals surface area contributed by atoms with Crippen LogP contribution in [0.4, 0.5) is 0 Å². The van der Waals surface area contributed by atoms with Crippen LogP contribution < -0.4 is 5.32 Å². The van der Waals surface area contributed by atoms with Gasteiger partial charge in [0.05, 0.1) is 5.69 Å². The number of nitrogens with one attached hydrogen (secondary N) is 1. The Bertz CT molecular complexity index is 386. The molecule has 1 amide bonds. The van der Waals surface area contributed by atoms with Crippen molar-refractivity contribution in [1.82, 2.24) is 10.5 Å². The Morgan fingerprint density at radius 1 is 1.62 bits per heavy atom. The van der Waals surface area contributed by atoms with Crippen molar-refractivity contribution in [3.8, 4) is 0 Å². The molecular weight excluding hydrogens is 212 g/mol. The van der Waals surface area contributed by atoms with Crippen LogP contribution in [-0.2, 0) is 4.79 Å². The number of aryl methyl sites for hydroxylation is 1. The number of rotatable bonds is 5. The zero-order valence-electron chi connectivity index (χ0n) is 9.19. The van der Waals surface area contributed by atoms with Gasteiger partial charge in [-0.1, -0.05) is 5.16 Å². The number of carbonyl (C=O) groups excluding carboxylic acids is 1. The van der Waals surface area contributed by atoms with Crippen molar-refractivity contribution < 1.29 is 19.2 Å². The Kier molecular flexibility index (Phi) is 4.04. The molecule has 0 bridgehead atoms. The fourth-order valence-corrected chi connectivity index (χ4v) is 1.18. The molecule has 0 aromatic carbocycles. The highest BCUT2D eigenvalue weighted by Crippen LogP contribution is 2.03. The third-order valence-corrected chi connectivity index (χ3v) is 2.02. The summed E-state index contributed by atoms with van der Waals surface area (Å²) in [5.74, 6) is -1.12. The first-order chi connectivity index (χ1) is 7.49. The van der Waals surface area contributed by atoms with Crippen LogP contribution in [0.5, 0.6) is 0 Å². The highest BCUT2D eigenvalue weighted by molar-refractivity contribution is 5.91. The minimum absolute atomic E-state index is 0.0247. The number of carbonyl (C=O) groups is 2. The molecular formula is C10H14N2O4. The van der Waals surface area contributed by atoms with E-state index in [1.54, 1.807) is 13.8 Å². The molecule has 6 heteroatoms. The van der Waals surface area contributed by atoms with E-state index in [0.29, 0.717) is 12.1 Å². The fourth-order valence-electron chi connectivity index (χ4n) is 1.18. The van der Waals surface area contributed by atoms with Gasteiger partial charge in [-0.15, -0.1) is 0 Å². The van der Waals surface area contributed by atoms with Crippen molar-refractivity contribution in [2.45, 2.75) is 32.7 Å². The van der Waals surface area contributed by atoms with Crippen molar-refractivity contribution in [1.29, 1.82) is 0 Å². The topological polar surface area (TPSA) is 92.4 Å². The monoisotopic (exact) mass is 226 g/mol. The average molecular weight is 226 g/mol. The molecule has 0 fully saturated rings. The van der Waals surface area contributed by atoms with Crippen molar-refractivity contribution in [2.24, 2.45) is 0 Å². The second-order valence-electron chi connectivity index (χ2n) is 3.64. The quantitative estimate of drug-likeness (QED) is 0.780. The number of hydrogen-bond acceptors (Lipinski definition) is 4. The number of aromatic nitrogens is 1. The molecule has 0 saturated heterocycles. The van der Waals surface area contributed by atoms with Gasteiger partial charge < -0.3 is 14.9 Å².